The van der Waals surface area contributed by atoms with Crippen LogP contribution >= 0.6 is 0 Å². The Morgan fingerprint density at radius 1 is 1.06 bits per heavy atom. The van der Waals surface area contributed by atoms with Gasteiger partial charge in [0.2, 0.25) is 0 Å². The molecular weight excluding hydrogens is 408 g/mol. The van der Waals surface area contributed by atoms with Gasteiger partial charge < -0.3 is 24.8 Å². The monoisotopic (exact) mass is 450 g/mol. The first-order chi connectivity index (χ1) is 15.2. The fourth-order valence-corrected chi connectivity index (χ4v) is 8.95. The summed E-state index contributed by atoms with van der Waals surface area (Å²) < 4.78 is 11.4. The molecule has 3 N–H and O–H groups in total. The van der Waals surface area contributed by atoms with Gasteiger partial charge in [0, 0.05) is 12.0 Å². The van der Waals surface area contributed by atoms with Crippen molar-refractivity contribution in [1.82, 2.24) is 0 Å². The Morgan fingerprint density at radius 2 is 1.88 bits per heavy atom. The number of ether oxygens (including phenoxy) is 2. The zero-order valence-corrected chi connectivity index (χ0v) is 19.8. The van der Waals surface area contributed by atoms with E-state index in [4.69, 9.17) is 9.47 Å². The molecule has 6 heteroatoms. The smallest absolute Gasteiger partial charge is 0.190 e. The minimum absolute atomic E-state index is 0.0367. The lowest BCUT2D eigenvalue weighted by Crippen LogP contribution is -2.63. The Balaban J connectivity index is 1.34. The van der Waals surface area contributed by atoms with Crippen molar-refractivity contribution in [3.05, 3.63) is 0 Å². The van der Waals surface area contributed by atoms with Crippen LogP contribution in [0.3, 0.4) is 0 Å². The molecule has 1 heterocycles. The summed E-state index contributed by atoms with van der Waals surface area (Å²) in [4.78, 5) is 13.3. The van der Waals surface area contributed by atoms with Crippen molar-refractivity contribution in [2.45, 2.75) is 109 Å². The number of hydrogen-bond acceptors (Lipinski definition) is 6. The van der Waals surface area contributed by atoms with Gasteiger partial charge in [-0.2, -0.15) is 0 Å². The van der Waals surface area contributed by atoms with E-state index in [1.54, 1.807) is 0 Å². The summed E-state index contributed by atoms with van der Waals surface area (Å²) in [5, 5.41) is 33.5. The van der Waals surface area contributed by atoms with Crippen molar-refractivity contribution in [2.24, 2.45) is 34.5 Å². The molecule has 32 heavy (non-hydrogen) atoms. The average Bonchev–Trinajstić information content (AvgIpc) is 3.04. The van der Waals surface area contributed by atoms with Crippen molar-refractivity contribution >= 4 is 5.78 Å². The second-order valence-corrected chi connectivity index (χ2v) is 12.1. The first-order valence-corrected chi connectivity index (χ1v) is 13.0. The van der Waals surface area contributed by atoms with Gasteiger partial charge >= 0.3 is 0 Å². The molecule has 4 aliphatic carbocycles. The van der Waals surface area contributed by atoms with E-state index in [-0.39, 0.29) is 42.0 Å². The molecule has 182 valence electrons. The van der Waals surface area contributed by atoms with Gasteiger partial charge in [-0.25, -0.2) is 0 Å². The second kappa shape index (κ2) is 8.30. The molecule has 10 atom stereocenters. The van der Waals surface area contributed by atoms with Crippen molar-refractivity contribution in [3.63, 3.8) is 0 Å². The number of ketones is 1. The largest absolute Gasteiger partial charge is 0.393 e. The van der Waals surface area contributed by atoms with Crippen molar-refractivity contribution < 1.29 is 29.6 Å². The first-order valence-electron chi connectivity index (χ1n) is 13.0. The van der Waals surface area contributed by atoms with E-state index in [2.05, 4.69) is 6.92 Å². The van der Waals surface area contributed by atoms with E-state index in [0.29, 0.717) is 31.3 Å². The van der Waals surface area contributed by atoms with Gasteiger partial charge in [-0.15, -0.1) is 0 Å². The van der Waals surface area contributed by atoms with Gasteiger partial charge in [0.05, 0.1) is 12.2 Å². The van der Waals surface area contributed by atoms with Crippen LogP contribution in [0.25, 0.3) is 0 Å². The molecule has 0 amide bonds. The zero-order valence-electron chi connectivity index (χ0n) is 19.8. The third-order valence-electron chi connectivity index (χ3n) is 10.7. The zero-order chi connectivity index (χ0) is 22.7. The Bertz CT molecular complexity index is 721. The number of rotatable bonds is 4. The third kappa shape index (κ3) is 3.43. The van der Waals surface area contributed by atoms with E-state index < -0.39 is 17.1 Å². The summed E-state index contributed by atoms with van der Waals surface area (Å²) in [6.07, 6.45) is 8.23. The highest BCUT2D eigenvalue weighted by atomic mass is 16.7. The van der Waals surface area contributed by atoms with E-state index in [1.165, 1.54) is 0 Å². The molecule has 1 saturated heterocycles. The van der Waals surface area contributed by atoms with Gasteiger partial charge in [-0.1, -0.05) is 13.8 Å². The fourth-order valence-electron chi connectivity index (χ4n) is 8.95. The maximum Gasteiger partial charge on any atom is 0.190 e. The van der Waals surface area contributed by atoms with Crippen LogP contribution in [0.15, 0.2) is 0 Å². The number of fused-ring (bicyclic) bond motifs is 5. The van der Waals surface area contributed by atoms with Crippen LogP contribution in [0, 0.1) is 34.5 Å². The summed E-state index contributed by atoms with van der Waals surface area (Å²) in [7, 11) is 0. The topological polar surface area (TPSA) is 96.2 Å². The van der Waals surface area contributed by atoms with E-state index in [0.717, 1.165) is 57.8 Å². The summed E-state index contributed by atoms with van der Waals surface area (Å²) in [6, 6.07) is 0. The lowest BCUT2D eigenvalue weighted by atomic mass is 9.43. The molecule has 0 aromatic carbocycles. The number of carbonyl (C=O) groups excluding carboxylic acids is 1. The molecule has 0 spiro atoms. The van der Waals surface area contributed by atoms with Gasteiger partial charge in [-0.05, 0) is 99.7 Å². The quantitative estimate of drug-likeness (QED) is 0.609. The average molecular weight is 451 g/mol. The molecule has 0 bridgehead atoms. The molecule has 0 aromatic heterocycles. The molecule has 5 aliphatic rings. The highest BCUT2D eigenvalue weighted by molar-refractivity contribution is 5.89. The highest BCUT2D eigenvalue weighted by Gasteiger charge is 2.68. The van der Waals surface area contributed by atoms with Crippen molar-refractivity contribution in [1.29, 1.82) is 0 Å². The maximum atomic E-state index is 13.3. The number of carbonyl (C=O) groups is 1. The van der Waals surface area contributed by atoms with Crippen LogP contribution in [0.1, 0.15) is 84.5 Å². The molecule has 6 nitrogen and oxygen atoms in total. The lowest BCUT2D eigenvalue weighted by molar-refractivity contribution is -0.208. The minimum atomic E-state index is -1.45. The maximum absolute atomic E-state index is 13.3. The minimum Gasteiger partial charge on any atom is -0.393 e. The predicted octanol–water partition coefficient (Wildman–Crippen LogP) is 3.20. The number of aliphatic hydroxyl groups is 3. The van der Waals surface area contributed by atoms with Crippen LogP contribution < -0.4 is 0 Å². The summed E-state index contributed by atoms with van der Waals surface area (Å²) >= 11 is 0. The Labute approximate surface area is 192 Å². The number of hydrogen-bond donors (Lipinski definition) is 3. The van der Waals surface area contributed by atoms with Gasteiger partial charge in [0.1, 0.15) is 12.2 Å². The first kappa shape index (κ1) is 23.2. The molecule has 1 unspecified atom stereocenters. The number of aliphatic hydroxyl groups excluding tert-OH is 2. The molecule has 0 aromatic rings. The van der Waals surface area contributed by atoms with Gasteiger partial charge in [0.15, 0.2) is 12.1 Å². The summed E-state index contributed by atoms with van der Waals surface area (Å²) in [5.74, 6) is 0.960. The van der Waals surface area contributed by atoms with Crippen LogP contribution in [0.5, 0.6) is 0 Å². The summed E-state index contributed by atoms with van der Waals surface area (Å²) in [5.41, 5.74) is -2.04. The van der Waals surface area contributed by atoms with Gasteiger partial charge in [-0.3, -0.25) is 4.79 Å². The van der Waals surface area contributed by atoms with E-state index in [9.17, 15) is 20.1 Å². The van der Waals surface area contributed by atoms with Crippen LogP contribution in [-0.4, -0.2) is 58.4 Å². The molecular formula is C26H42O6. The third-order valence-corrected chi connectivity index (χ3v) is 10.7. The SMILES string of the molecule is C[C@]12CC[C@@H](O)C[C@@H]1CC[C@@H]1[C@@H]2[C@@H](O)C[C@@]2(C)[C@H]1CC[C@]2(O)C(=O)COC1CCCCO1. The Morgan fingerprint density at radius 3 is 2.62 bits per heavy atom. The highest BCUT2D eigenvalue weighted by Crippen LogP contribution is 2.68. The van der Waals surface area contributed by atoms with Crippen LogP contribution in [-0.2, 0) is 14.3 Å². The molecule has 5 rings (SSSR count). The molecule has 0 radical (unpaired) electrons. The number of Topliss-reactive ketones (excluding diaryl/α,β-unsaturated/α-hetero) is 1. The fraction of sp³-hybridized carbons (Fsp3) is 0.962. The second-order valence-electron chi connectivity index (χ2n) is 12.1. The van der Waals surface area contributed by atoms with Gasteiger partial charge in [0.25, 0.3) is 0 Å². The Hall–Kier alpha value is -0.530. The molecule has 5 fully saturated rings. The Kier molecular flexibility index (Phi) is 6.02. The summed E-state index contributed by atoms with van der Waals surface area (Å²) in [6.45, 7) is 4.91. The standard InChI is InChI=1S/C26H42O6/c1-24-10-8-17(27)13-16(24)6-7-18-19-9-11-26(30,25(19,2)14-20(28)23(18)24)21(29)15-32-22-5-3-4-12-31-22/h16-20,22-23,27-28,30H,3-15H2,1-2H3/t16-,17+,18-,19-,20-,22?,23+,24-,25-,26-/m0/s1. The molecule has 1 aliphatic heterocycles. The van der Waals surface area contributed by atoms with Crippen LogP contribution in [0.4, 0.5) is 0 Å². The van der Waals surface area contributed by atoms with Crippen molar-refractivity contribution in [3.8, 4) is 0 Å². The lowest BCUT2D eigenvalue weighted by Gasteiger charge is -2.62. The molecule has 4 saturated carbocycles. The van der Waals surface area contributed by atoms with Crippen molar-refractivity contribution in [2.75, 3.05) is 13.2 Å². The normalized spacial score (nSPS) is 53.2. The van der Waals surface area contributed by atoms with E-state index in [1.807, 2.05) is 6.92 Å². The predicted molar refractivity (Wildman–Crippen MR) is 119 cm³/mol. The van der Waals surface area contributed by atoms with E-state index >= 15 is 0 Å². The van der Waals surface area contributed by atoms with Crippen LogP contribution in [0.2, 0.25) is 0 Å².